The molecule has 18 heavy (non-hydrogen) atoms. The molecule has 0 aliphatic heterocycles. The predicted molar refractivity (Wildman–Crippen MR) is 73.6 cm³/mol. The maximum atomic E-state index is 12.2. The molecule has 1 heteroatoms. The van der Waals surface area contributed by atoms with Gasteiger partial charge in [-0.05, 0) is 41.2 Å². The third-order valence-electron chi connectivity index (χ3n) is 5.45. The van der Waals surface area contributed by atoms with Gasteiger partial charge in [-0.15, -0.1) is 0 Å². The fourth-order valence-electron chi connectivity index (χ4n) is 4.04. The summed E-state index contributed by atoms with van der Waals surface area (Å²) in [5, 5.41) is 0. The minimum Gasteiger partial charge on any atom is -0.299 e. The van der Waals surface area contributed by atoms with E-state index in [4.69, 9.17) is 0 Å². The second kappa shape index (κ2) is 3.94. The van der Waals surface area contributed by atoms with Crippen molar-refractivity contribution >= 4 is 5.78 Å². The summed E-state index contributed by atoms with van der Waals surface area (Å²) in [4.78, 5) is 12.2. The zero-order valence-corrected chi connectivity index (χ0v) is 11.6. The van der Waals surface area contributed by atoms with E-state index in [1.54, 1.807) is 0 Å². The highest BCUT2D eigenvalue weighted by Crippen LogP contribution is 2.62. The summed E-state index contributed by atoms with van der Waals surface area (Å²) in [6, 6.07) is 8.92. The topological polar surface area (TPSA) is 17.1 Å². The third-order valence-corrected chi connectivity index (χ3v) is 5.45. The molecule has 2 bridgehead atoms. The van der Waals surface area contributed by atoms with Gasteiger partial charge in [-0.3, -0.25) is 4.79 Å². The molecule has 3 saturated carbocycles. The average molecular weight is 242 g/mol. The van der Waals surface area contributed by atoms with E-state index in [0.717, 1.165) is 19.3 Å². The number of Topliss-reactive ketones (excluding diaryl/α,β-unsaturated/α-hetero) is 1. The molecule has 0 heterocycles. The Labute approximate surface area is 110 Å². The molecule has 3 aliphatic carbocycles. The van der Waals surface area contributed by atoms with Crippen molar-refractivity contribution in [2.24, 2.45) is 17.3 Å². The van der Waals surface area contributed by atoms with Crippen LogP contribution >= 0.6 is 0 Å². The molecular weight excluding hydrogens is 220 g/mol. The van der Waals surface area contributed by atoms with Crippen LogP contribution in [0.4, 0.5) is 0 Å². The van der Waals surface area contributed by atoms with Crippen molar-refractivity contribution in [2.75, 3.05) is 0 Å². The van der Waals surface area contributed by atoms with E-state index in [0.29, 0.717) is 23.5 Å². The first-order valence-corrected chi connectivity index (χ1v) is 7.15. The molecule has 1 aromatic carbocycles. The maximum absolute atomic E-state index is 12.2. The Morgan fingerprint density at radius 2 is 1.89 bits per heavy atom. The van der Waals surface area contributed by atoms with Crippen molar-refractivity contribution < 1.29 is 4.79 Å². The van der Waals surface area contributed by atoms with Gasteiger partial charge < -0.3 is 0 Å². The van der Waals surface area contributed by atoms with Crippen LogP contribution in [0, 0.1) is 17.3 Å². The van der Waals surface area contributed by atoms with Crippen LogP contribution in [0.1, 0.15) is 50.7 Å². The zero-order valence-electron chi connectivity index (χ0n) is 11.6. The van der Waals surface area contributed by atoms with Gasteiger partial charge in [0.15, 0.2) is 0 Å². The molecule has 0 N–H and O–H groups in total. The summed E-state index contributed by atoms with van der Waals surface area (Å²) in [6.07, 6.45) is 2.97. The van der Waals surface area contributed by atoms with Crippen molar-refractivity contribution in [3.8, 4) is 0 Å². The normalized spacial score (nSPS) is 33.1. The Bertz CT molecular complexity index is 469. The monoisotopic (exact) mass is 242 g/mol. The molecule has 0 saturated heterocycles. The third kappa shape index (κ3) is 1.56. The lowest BCUT2D eigenvalue weighted by atomic mass is 9.44. The van der Waals surface area contributed by atoms with E-state index in [-0.39, 0.29) is 5.41 Å². The molecule has 0 amide bonds. The number of carbonyl (C=O) groups is 1. The number of fused-ring (bicyclic) bond motifs is 2. The predicted octanol–water partition coefficient (Wildman–Crippen LogP) is 3.97. The minimum atomic E-state index is 0.226. The van der Waals surface area contributed by atoms with Gasteiger partial charge >= 0.3 is 0 Å². The van der Waals surface area contributed by atoms with Crippen molar-refractivity contribution in [1.29, 1.82) is 0 Å². The van der Waals surface area contributed by atoms with Gasteiger partial charge in [0, 0.05) is 12.3 Å². The molecule has 0 aromatic heterocycles. The van der Waals surface area contributed by atoms with Gasteiger partial charge in [-0.25, -0.2) is 0 Å². The lowest BCUT2D eigenvalue weighted by Gasteiger charge is -2.59. The Morgan fingerprint density at radius 3 is 2.39 bits per heavy atom. The van der Waals surface area contributed by atoms with Gasteiger partial charge in [0.2, 0.25) is 0 Å². The van der Waals surface area contributed by atoms with E-state index in [9.17, 15) is 4.79 Å². The Balaban J connectivity index is 1.89. The first kappa shape index (κ1) is 12.0. The van der Waals surface area contributed by atoms with E-state index in [1.165, 1.54) is 11.1 Å². The summed E-state index contributed by atoms with van der Waals surface area (Å²) in [5.41, 5.74) is 2.98. The van der Waals surface area contributed by atoms with Crippen LogP contribution in [0.25, 0.3) is 0 Å². The fourth-order valence-corrected chi connectivity index (χ4v) is 4.04. The summed E-state index contributed by atoms with van der Waals surface area (Å²) < 4.78 is 0. The number of ketones is 1. The number of benzene rings is 1. The minimum absolute atomic E-state index is 0.226. The molecule has 1 aromatic rings. The van der Waals surface area contributed by atoms with Gasteiger partial charge in [0.05, 0.1) is 0 Å². The van der Waals surface area contributed by atoms with Gasteiger partial charge in [0.1, 0.15) is 5.78 Å². The summed E-state index contributed by atoms with van der Waals surface area (Å²) >= 11 is 0. The molecule has 0 unspecified atom stereocenters. The molecule has 4 rings (SSSR count). The highest BCUT2D eigenvalue weighted by molar-refractivity contribution is 5.85. The van der Waals surface area contributed by atoms with Crippen molar-refractivity contribution in [3.63, 3.8) is 0 Å². The second-order valence-electron chi connectivity index (χ2n) is 6.59. The first-order chi connectivity index (χ1) is 8.54. The van der Waals surface area contributed by atoms with Gasteiger partial charge in [0.25, 0.3) is 0 Å². The summed E-state index contributed by atoms with van der Waals surface area (Å²) in [6.45, 7) is 6.73. The molecule has 3 fully saturated rings. The van der Waals surface area contributed by atoms with Crippen LogP contribution in [-0.4, -0.2) is 5.78 Å². The molecule has 0 radical (unpaired) electrons. The van der Waals surface area contributed by atoms with E-state index in [1.807, 2.05) is 0 Å². The number of hydrogen-bond donors (Lipinski definition) is 0. The van der Waals surface area contributed by atoms with Crippen molar-refractivity contribution in [2.45, 2.75) is 46.0 Å². The molecule has 96 valence electrons. The molecule has 1 nitrogen and oxygen atoms in total. The van der Waals surface area contributed by atoms with Crippen LogP contribution in [0.5, 0.6) is 0 Å². The summed E-state index contributed by atoms with van der Waals surface area (Å²) in [5.74, 6) is 2.00. The van der Waals surface area contributed by atoms with Crippen LogP contribution < -0.4 is 0 Å². The highest BCUT2D eigenvalue weighted by atomic mass is 16.1. The van der Waals surface area contributed by atoms with Crippen LogP contribution in [0.2, 0.25) is 0 Å². The maximum Gasteiger partial charge on any atom is 0.137 e. The Hall–Kier alpha value is -1.11. The second-order valence-corrected chi connectivity index (χ2v) is 6.59. The van der Waals surface area contributed by atoms with E-state index in [2.05, 4.69) is 45.0 Å². The van der Waals surface area contributed by atoms with Crippen LogP contribution in [0.3, 0.4) is 0 Å². The average Bonchev–Trinajstić information content (AvgIpc) is 2.37. The van der Waals surface area contributed by atoms with Crippen LogP contribution in [0.15, 0.2) is 24.3 Å². The standard InChI is InChI=1S/C17H22O/c1-4-11-5-7-12(8-6-11)13-9-16(18)15-10-14(13)17(15,2)3/h5-8,13-15H,4,9-10H2,1-3H3/t13-,14+,15-/m0/s1. The molecular formula is C17H22O. The smallest absolute Gasteiger partial charge is 0.137 e. The number of aryl methyl sites for hydroxylation is 1. The van der Waals surface area contributed by atoms with E-state index < -0.39 is 0 Å². The van der Waals surface area contributed by atoms with Crippen molar-refractivity contribution in [1.82, 2.24) is 0 Å². The van der Waals surface area contributed by atoms with Crippen molar-refractivity contribution in [3.05, 3.63) is 35.4 Å². The number of carbonyl (C=O) groups excluding carboxylic acids is 1. The number of hydrogen-bond acceptors (Lipinski definition) is 1. The zero-order chi connectivity index (χ0) is 12.9. The lowest BCUT2D eigenvalue weighted by molar-refractivity contribution is -0.151. The highest BCUT2D eigenvalue weighted by Gasteiger charge is 2.58. The SMILES string of the molecule is CCc1ccc([C@@H]2CC(=O)[C@@H]3C[C@H]2C3(C)C)cc1. The molecule has 3 atom stereocenters. The molecule has 3 aliphatic rings. The Kier molecular flexibility index (Phi) is 2.62. The largest absolute Gasteiger partial charge is 0.299 e. The molecule has 0 spiro atoms. The summed E-state index contributed by atoms with van der Waals surface area (Å²) in [7, 11) is 0. The van der Waals surface area contributed by atoms with Gasteiger partial charge in [-0.1, -0.05) is 45.0 Å². The first-order valence-electron chi connectivity index (χ1n) is 7.15. The lowest BCUT2D eigenvalue weighted by Crippen LogP contribution is -2.56. The van der Waals surface area contributed by atoms with E-state index >= 15 is 0 Å². The number of rotatable bonds is 2. The fraction of sp³-hybridized carbons (Fsp3) is 0.588. The Morgan fingerprint density at radius 1 is 1.22 bits per heavy atom. The van der Waals surface area contributed by atoms with Gasteiger partial charge in [-0.2, -0.15) is 0 Å². The van der Waals surface area contributed by atoms with Crippen LogP contribution in [-0.2, 0) is 11.2 Å². The quantitative estimate of drug-likeness (QED) is 0.767.